The van der Waals surface area contributed by atoms with Gasteiger partial charge in [0.05, 0.1) is 19.1 Å². The molecule has 1 atom stereocenters. The van der Waals surface area contributed by atoms with Crippen molar-refractivity contribution in [3.05, 3.63) is 71.8 Å². The summed E-state index contributed by atoms with van der Waals surface area (Å²) in [5.74, 6) is 1.45. The van der Waals surface area contributed by atoms with Crippen molar-refractivity contribution in [1.82, 2.24) is 5.32 Å². The van der Waals surface area contributed by atoms with Gasteiger partial charge in [-0.05, 0) is 66.9 Å². The zero-order valence-corrected chi connectivity index (χ0v) is 16.9. The predicted molar refractivity (Wildman–Crippen MR) is 113 cm³/mol. The first-order valence-corrected chi connectivity index (χ1v) is 9.57. The van der Waals surface area contributed by atoms with Crippen LogP contribution in [0.1, 0.15) is 37.8 Å². The first-order valence-electron chi connectivity index (χ1n) is 9.57. The third kappa shape index (κ3) is 4.83. The van der Waals surface area contributed by atoms with E-state index in [0.29, 0.717) is 6.54 Å². The van der Waals surface area contributed by atoms with E-state index in [4.69, 9.17) is 9.47 Å². The Morgan fingerprint density at radius 1 is 0.893 bits per heavy atom. The van der Waals surface area contributed by atoms with Crippen molar-refractivity contribution in [2.45, 2.75) is 39.3 Å². The summed E-state index contributed by atoms with van der Waals surface area (Å²) in [6, 6.07) is 19.9. The number of carbonyl (C=O) groups excluding carboxylic acids is 1. The molecule has 0 unspecified atom stereocenters. The lowest BCUT2D eigenvalue weighted by Crippen LogP contribution is -2.27. The van der Waals surface area contributed by atoms with Gasteiger partial charge in [0.2, 0.25) is 5.91 Å². The third-order valence-electron chi connectivity index (χ3n) is 4.73. The van der Waals surface area contributed by atoms with Crippen LogP contribution in [0.25, 0.3) is 10.8 Å². The quantitative estimate of drug-likeness (QED) is 0.626. The van der Waals surface area contributed by atoms with Crippen LogP contribution < -0.4 is 14.8 Å². The summed E-state index contributed by atoms with van der Waals surface area (Å²) < 4.78 is 10.9. The van der Waals surface area contributed by atoms with Gasteiger partial charge < -0.3 is 14.8 Å². The summed E-state index contributed by atoms with van der Waals surface area (Å²) in [6.45, 7) is 6.42. The van der Waals surface area contributed by atoms with E-state index in [1.807, 2.05) is 75.4 Å². The van der Waals surface area contributed by atoms with Gasteiger partial charge in [-0.25, -0.2) is 0 Å². The van der Waals surface area contributed by atoms with E-state index in [2.05, 4.69) is 11.4 Å². The fourth-order valence-corrected chi connectivity index (χ4v) is 3.09. The highest BCUT2D eigenvalue weighted by molar-refractivity contribution is 5.88. The van der Waals surface area contributed by atoms with Crippen molar-refractivity contribution < 1.29 is 14.3 Å². The molecule has 0 aromatic heterocycles. The zero-order chi connectivity index (χ0) is 20.1. The molecule has 0 fully saturated rings. The van der Waals surface area contributed by atoms with Gasteiger partial charge in [0.25, 0.3) is 0 Å². The number of fused-ring (bicyclic) bond motifs is 1. The smallest absolute Gasteiger partial charge is 0.227 e. The Morgan fingerprint density at radius 2 is 1.54 bits per heavy atom. The van der Waals surface area contributed by atoms with Crippen LogP contribution >= 0.6 is 0 Å². The van der Waals surface area contributed by atoms with Gasteiger partial charge in [0.1, 0.15) is 11.5 Å². The van der Waals surface area contributed by atoms with E-state index in [-0.39, 0.29) is 17.9 Å². The molecule has 3 aromatic rings. The summed E-state index contributed by atoms with van der Waals surface area (Å²) in [7, 11) is 1.66. The van der Waals surface area contributed by atoms with Crippen molar-refractivity contribution in [2.24, 2.45) is 0 Å². The average Bonchev–Trinajstić information content (AvgIpc) is 2.71. The number of carbonyl (C=O) groups is 1. The number of ether oxygens (including phenoxy) is 2. The minimum atomic E-state index is -0.227. The van der Waals surface area contributed by atoms with Gasteiger partial charge in [-0.2, -0.15) is 0 Å². The number of nitrogens with one attached hydrogen (secondary N) is 1. The summed E-state index contributed by atoms with van der Waals surface area (Å²) in [6.07, 6.45) is 0.148. The molecule has 0 heterocycles. The minimum Gasteiger partial charge on any atom is -0.497 e. The summed E-state index contributed by atoms with van der Waals surface area (Å²) in [5, 5.41) is 5.22. The maximum atomic E-state index is 12.6. The highest BCUT2D eigenvalue weighted by atomic mass is 16.5. The predicted octanol–water partition coefficient (Wildman–Crippen LogP) is 5.06. The largest absolute Gasteiger partial charge is 0.497 e. The van der Waals surface area contributed by atoms with Gasteiger partial charge in [-0.3, -0.25) is 4.79 Å². The van der Waals surface area contributed by atoms with E-state index in [0.717, 1.165) is 33.4 Å². The number of benzene rings is 3. The zero-order valence-electron chi connectivity index (χ0n) is 16.9. The first-order chi connectivity index (χ1) is 13.5. The van der Waals surface area contributed by atoms with Crippen LogP contribution in [0, 0.1) is 0 Å². The van der Waals surface area contributed by atoms with Crippen LogP contribution in [0.2, 0.25) is 0 Å². The molecule has 0 aliphatic rings. The number of hydrogen-bond acceptors (Lipinski definition) is 3. The Labute approximate surface area is 166 Å². The average molecular weight is 377 g/mol. The van der Waals surface area contributed by atoms with Crippen molar-refractivity contribution in [1.29, 1.82) is 0 Å². The van der Waals surface area contributed by atoms with Gasteiger partial charge in [-0.1, -0.05) is 36.4 Å². The molecule has 4 heteroatoms. The van der Waals surface area contributed by atoms with Crippen LogP contribution in [0.4, 0.5) is 0 Å². The third-order valence-corrected chi connectivity index (χ3v) is 4.73. The SMILES string of the molecule is COc1ccc2cc([C@H](C)C(=O)NCc3ccc(OC(C)C)cc3)ccc2c1. The molecule has 1 N–H and O–H groups in total. The monoisotopic (exact) mass is 377 g/mol. The molecule has 0 aliphatic carbocycles. The van der Waals surface area contributed by atoms with E-state index >= 15 is 0 Å². The topological polar surface area (TPSA) is 47.6 Å². The molecule has 0 spiro atoms. The highest BCUT2D eigenvalue weighted by Gasteiger charge is 2.15. The molecule has 0 radical (unpaired) electrons. The van der Waals surface area contributed by atoms with Crippen molar-refractivity contribution in [3.8, 4) is 11.5 Å². The standard InChI is InChI=1S/C24H27NO3/c1-16(2)28-22-10-5-18(6-11-22)15-25-24(26)17(3)19-7-8-21-14-23(27-4)12-9-20(21)13-19/h5-14,16-17H,15H2,1-4H3,(H,25,26)/t17-/m0/s1. The number of methoxy groups -OCH3 is 1. The molecule has 4 nitrogen and oxygen atoms in total. The molecule has 1 amide bonds. The summed E-state index contributed by atoms with van der Waals surface area (Å²) >= 11 is 0. The summed E-state index contributed by atoms with van der Waals surface area (Å²) in [5.41, 5.74) is 2.04. The number of amides is 1. The molecule has 0 bridgehead atoms. The van der Waals surface area contributed by atoms with Crippen LogP contribution in [-0.4, -0.2) is 19.1 Å². The Kier molecular flexibility index (Phi) is 6.19. The molecule has 146 valence electrons. The second kappa shape index (κ2) is 8.79. The van der Waals surface area contributed by atoms with Crippen LogP contribution in [0.3, 0.4) is 0 Å². The van der Waals surface area contributed by atoms with E-state index in [9.17, 15) is 4.79 Å². The molecular formula is C24H27NO3. The van der Waals surface area contributed by atoms with E-state index in [1.165, 1.54) is 0 Å². The van der Waals surface area contributed by atoms with Crippen LogP contribution in [0.15, 0.2) is 60.7 Å². The van der Waals surface area contributed by atoms with Crippen molar-refractivity contribution in [2.75, 3.05) is 7.11 Å². The van der Waals surface area contributed by atoms with E-state index in [1.54, 1.807) is 7.11 Å². The van der Waals surface area contributed by atoms with Gasteiger partial charge in [0, 0.05) is 6.54 Å². The molecular weight excluding hydrogens is 350 g/mol. The second-order valence-corrected chi connectivity index (χ2v) is 7.22. The maximum absolute atomic E-state index is 12.6. The Balaban J connectivity index is 1.63. The molecule has 28 heavy (non-hydrogen) atoms. The lowest BCUT2D eigenvalue weighted by atomic mass is 9.97. The Morgan fingerprint density at radius 3 is 2.21 bits per heavy atom. The van der Waals surface area contributed by atoms with Gasteiger partial charge in [0.15, 0.2) is 0 Å². The minimum absolute atomic E-state index is 0.00960. The Hall–Kier alpha value is -3.01. The van der Waals surface area contributed by atoms with E-state index < -0.39 is 0 Å². The van der Waals surface area contributed by atoms with Crippen molar-refractivity contribution >= 4 is 16.7 Å². The molecule has 3 aromatic carbocycles. The van der Waals surface area contributed by atoms with Crippen LogP contribution in [-0.2, 0) is 11.3 Å². The normalized spacial score (nSPS) is 12.0. The Bertz CT molecular complexity index is 948. The van der Waals surface area contributed by atoms with Gasteiger partial charge >= 0.3 is 0 Å². The number of hydrogen-bond donors (Lipinski definition) is 1. The van der Waals surface area contributed by atoms with Gasteiger partial charge in [-0.15, -0.1) is 0 Å². The van der Waals surface area contributed by atoms with Crippen LogP contribution in [0.5, 0.6) is 11.5 Å². The number of rotatable bonds is 7. The lowest BCUT2D eigenvalue weighted by molar-refractivity contribution is -0.122. The lowest BCUT2D eigenvalue weighted by Gasteiger charge is -2.14. The second-order valence-electron chi connectivity index (χ2n) is 7.22. The summed E-state index contributed by atoms with van der Waals surface area (Å²) in [4.78, 5) is 12.6. The molecule has 0 saturated carbocycles. The fraction of sp³-hybridized carbons (Fsp3) is 0.292. The molecule has 0 saturated heterocycles. The molecule has 3 rings (SSSR count). The first kappa shape index (κ1) is 19.7. The fourth-order valence-electron chi connectivity index (χ4n) is 3.09. The highest BCUT2D eigenvalue weighted by Crippen LogP contribution is 2.25. The maximum Gasteiger partial charge on any atom is 0.227 e. The van der Waals surface area contributed by atoms with Crippen molar-refractivity contribution in [3.63, 3.8) is 0 Å². The molecule has 0 aliphatic heterocycles.